The van der Waals surface area contributed by atoms with Gasteiger partial charge < -0.3 is 18.1 Å². The van der Waals surface area contributed by atoms with E-state index in [9.17, 15) is 8.92 Å². The summed E-state index contributed by atoms with van der Waals surface area (Å²) >= 11 is 0. The number of hydrogen-bond acceptors (Lipinski definition) is 2. The fourth-order valence-electron chi connectivity index (χ4n) is 0. The topological polar surface area (TPSA) is 40.6 Å². The molecule has 0 heterocycles. The van der Waals surface area contributed by atoms with Crippen LogP contribution in [0.3, 0.4) is 0 Å². The molecule has 0 rings (SSSR count). The van der Waals surface area contributed by atoms with E-state index < -0.39 is 17.7 Å². The van der Waals surface area contributed by atoms with Gasteiger partial charge in [-0.15, -0.1) is 0 Å². The van der Waals surface area contributed by atoms with Crippen LogP contribution in [-0.2, 0) is 8.92 Å². The molecule has 0 aliphatic carbocycles. The molecule has 0 fully saturated rings. The Hall–Kier alpha value is 0.231. The molecule has 0 aliphatic rings. The van der Waals surface area contributed by atoms with E-state index in [2.05, 4.69) is 0 Å². The van der Waals surface area contributed by atoms with Gasteiger partial charge in [-0.05, 0) is 41.3 Å². The summed E-state index contributed by atoms with van der Waals surface area (Å²) in [4.78, 5) is 0. The van der Waals surface area contributed by atoms with Crippen LogP contribution in [0.25, 0.3) is 0 Å². The quantitative estimate of drug-likeness (QED) is 0.584. The Kier molecular flexibility index (Phi) is 15.0. The Morgan fingerprint density at radius 3 is 0.846 bits per heavy atom. The summed E-state index contributed by atoms with van der Waals surface area (Å²) in [7, 11) is 4.49. The molecule has 0 aliphatic heterocycles. The molecule has 0 aromatic rings. The van der Waals surface area contributed by atoms with Gasteiger partial charge in [0, 0.05) is 0 Å². The predicted molar refractivity (Wildman–Crippen MR) is 59.1 cm³/mol. The molecule has 0 aromatic carbocycles. The van der Waals surface area contributed by atoms with Gasteiger partial charge in [-0.3, -0.25) is 0 Å². The third kappa shape index (κ3) is 18.9. The Balaban J connectivity index is -0.000000143. The van der Waals surface area contributed by atoms with Crippen molar-refractivity contribution < 1.29 is 8.92 Å². The van der Waals surface area contributed by atoms with E-state index in [0.29, 0.717) is 0 Å². The van der Waals surface area contributed by atoms with Crippen LogP contribution in [-0.4, -0.2) is 73.9 Å². The first-order chi connectivity index (χ1) is 5.29. The van der Waals surface area contributed by atoms with Gasteiger partial charge in [0.15, 0.2) is 0 Å². The van der Waals surface area contributed by atoms with Crippen molar-refractivity contribution in [3.8, 4) is 0 Å². The zero-order valence-corrected chi connectivity index (χ0v) is 10.7. The third-order valence-corrected chi connectivity index (χ3v) is 3.78. The predicted octanol–water partition coefficient (Wildman–Crippen LogP) is -0.455. The molecule has 0 bridgehead atoms. The average molecular weight is 214 g/mol. The van der Waals surface area contributed by atoms with Crippen LogP contribution in [0.15, 0.2) is 0 Å². The Bertz CT molecular complexity index is 147. The number of hydrogen-bond donors (Lipinski definition) is 0. The van der Waals surface area contributed by atoms with Crippen LogP contribution in [0.5, 0.6) is 0 Å². The molecule has 0 saturated heterocycles. The van der Waals surface area contributed by atoms with Crippen molar-refractivity contribution in [3.05, 3.63) is 0 Å². The zero-order valence-electron chi connectivity index (χ0n) is 8.71. The van der Waals surface area contributed by atoms with Crippen molar-refractivity contribution in [2.75, 3.05) is 28.2 Å². The van der Waals surface area contributed by atoms with Gasteiger partial charge >= 0.3 is 36.6 Å². The van der Waals surface area contributed by atoms with E-state index in [1.165, 1.54) is 0 Å². The van der Waals surface area contributed by atoms with Crippen LogP contribution in [0.2, 0.25) is 13.1 Å². The second-order valence-corrected chi connectivity index (χ2v) is 6.69. The Morgan fingerprint density at radius 1 is 0.769 bits per heavy atom. The molecular formula is C6H19LiN2O2Si2. The van der Waals surface area contributed by atoms with E-state index in [4.69, 9.17) is 0 Å². The van der Waals surface area contributed by atoms with Crippen LogP contribution in [0.4, 0.5) is 0 Å². The van der Waals surface area contributed by atoms with Gasteiger partial charge in [-0.1, -0.05) is 0 Å². The molecule has 74 valence electrons. The molecule has 0 spiro atoms. The molecule has 7 heteroatoms. The first-order valence-electron chi connectivity index (χ1n) is 3.64. The summed E-state index contributed by atoms with van der Waals surface area (Å²) in [6, 6.07) is 0. The molecule has 4 nitrogen and oxygen atoms in total. The summed E-state index contributed by atoms with van der Waals surface area (Å²) in [6.07, 6.45) is 0. The second kappa shape index (κ2) is 10.3. The summed E-state index contributed by atoms with van der Waals surface area (Å²) in [6.45, 7) is 3.43. The van der Waals surface area contributed by atoms with E-state index in [1.807, 2.05) is 0 Å². The molecule has 0 atom stereocenters. The Labute approximate surface area is 96.0 Å². The Morgan fingerprint density at radius 2 is 0.846 bits per heavy atom. The van der Waals surface area contributed by atoms with E-state index in [0.717, 1.165) is 0 Å². The molecule has 0 saturated carbocycles. The molecule has 0 radical (unpaired) electrons. The van der Waals surface area contributed by atoms with Crippen molar-refractivity contribution in [2.24, 2.45) is 0 Å². The molecule has 0 amide bonds. The van der Waals surface area contributed by atoms with Crippen molar-refractivity contribution >= 4 is 36.6 Å². The summed E-state index contributed by atoms with van der Waals surface area (Å²) in [5, 5.41) is 0. The summed E-state index contributed by atoms with van der Waals surface area (Å²) in [5.41, 5.74) is 0. The van der Waals surface area contributed by atoms with Crippen molar-refractivity contribution in [3.63, 3.8) is 0 Å². The maximum absolute atomic E-state index is 10.3. The van der Waals surface area contributed by atoms with Crippen LogP contribution >= 0.6 is 0 Å². The maximum atomic E-state index is 10.3. The van der Waals surface area contributed by atoms with Gasteiger partial charge in [0.1, 0.15) is 0 Å². The minimum absolute atomic E-state index is 0. The number of rotatable bonds is 2. The second-order valence-electron chi connectivity index (χ2n) is 2.83. The molecule has 0 unspecified atom stereocenters. The third-order valence-electron chi connectivity index (χ3n) is 1.26. The molecule has 0 N–H and O–H groups in total. The first-order valence-corrected chi connectivity index (χ1v) is 7.36. The van der Waals surface area contributed by atoms with Crippen LogP contribution in [0.1, 0.15) is 0 Å². The van der Waals surface area contributed by atoms with Crippen molar-refractivity contribution in [1.29, 1.82) is 0 Å². The van der Waals surface area contributed by atoms with E-state index >= 15 is 0 Å². The first kappa shape index (κ1) is 18.9. The van der Waals surface area contributed by atoms with Gasteiger partial charge in [0.2, 0.25) is 0 Å². The monoisotopic (exact) mass is 214 g/mol. The average Bonchev–Trinajstić information content (AvgIpc) is 1.88. The summed E-state index contributed by atoms with van der Waals surface area (Å²) in [5.74, 6) is 0. The van der Waals surface area contributed by atoms with Gasteiger partial charge in [0.05, 0.1) is 0 Å². The fourth-order valence-corrected chi connectivity index (χ4v) is 0. The van der Waals surface area contributed by atoms with Crippen LogP contribution < -0.4 is 0 Å². The van der Waals surface area contributed by atoms with Crippen LogP contribution in [0, 0.1) is 0 Å². The van der Waals surface area contributed by atoms with E-state index in [1.54, 1.807) is 50.4 Å². The SMILES string of the molecule is CN(C)[Si](C)=O.CN(C)[Si](C)=O.[LiH]. The normalized spacial score (nSPS) is 7.23. The molecular weight excluding hydrogens is 195 g/mol. The number of nitrogens with zero attached hydrogens (tertiary/aromatic N) is 2. The van der Waals surface area contributed by atoms with Gasteiger partial charge in [-0.25, -0.2) is 0 Å². The minimum atomic E-state index is -1.37. The zero-order chi connectivity index (χ0) is 10.3. The van der Waals surface area contributed by atoms with Gasteiger partial charge in [-0.2, -0.15) is 0 Å². The fraction of sp³-hybridized carbons (Fsp3) is 1.00. The molecule has 13 heavy (non-hydrogen) atoms. The summed E-state index contributed by atoms with van der Waals surface area (Å²) < 4.78 is 23.9. The van der Waals surface area contributed by atoms with Crippen molar-refractivity contribution in [2.45, 2.75) is 13.1 Å². The molecule has 0 aromatic heterocycles. The van der Waals surface area contributed by atoms with Gasteiger partial charge in [0.25, 0.3) is 0 Å². The van der Waals surface area contributed by atoms with Crippen molar-refractivity contribution in [1.82, 2.24) is 9.13 Å². The standard InChI is InChI=1S/2C3H9NOSi.Li.H/c2*1-4(2)6(3)5;;/h2*1-3H3;;. The van der Waals surface area contributed by atoms with E-state index in [-0.39, 0.29) is 18.9 Å².